The van der Waals surface area contributed by atoms with Gasteiger partial charge in [0.15, 0.2) is 5.96 Å². The van der Waals surface area contributed by atoms with Gasteiger partial charge in [0.05, 0.1) is 6.10 Å². The summed E-state index contributed by atoms with van der Waals surface area (Å²) >= 11 is 2.06. The monoisotopic (exact) mass is 469 g/mol. The molecule has 2 aliphatic rings. The van der Waals surface area contributed by atoms with Crippen LogP contribution in [-0.4, -0.2) is 60.8 Å². The lowest BCUT2D eigenvalue weighted by Crippen LogP contribution is -2.53. The summed E-state index contributed by atoms with van der Waals surface area (Å²) in [6, 6.07) is 0. The second-order valence-corrected chi connectivity index (χ2v) is 10.3. The van der Waals surface area contributed by atoms with E-state index in [0.29, 0.717) is 16.8 Å². The number of hydrogen-bond acceptors (Lipinski definition) is 3. The number of halogens is 1. The number of guanidine groups is 1. The molecule has 2 heterocycles. The maximum Gasteiger partial charge on any atom is 0.193 e. The Labute approximate surface area is 170 Å². The predicted molar refractivity (Wildman–Crippen MR) is 117 cm³/mol. The van der Waals surface area contributed by atoms with E-state index in [9.17, 15) is 0 Å². The molecule has 0 aromatic carbocycles. The van der Waals surface area contributed by atoms with Crippen LogP contribution in [-0.2, 0) is 4.74 Å². The van der Waals surface area contributed by atoms with Gasteiger partial charge in [-0.3, -0.25) is 4.99 Å². The van der Waals surface area contributed by atoms with Gasteiger partial charge in [0.25, 0.3) is 0 Å². The molecular formula is C18H36IN3OS. The second kappa shape index (κ2) is 9.31. The molecule has 0 radical (unpaired) electrons. The number of nitrogens with one attached hydrogen (secondary N) is 1. The molecule has 0 amide bonds. The number of rotatable bonds is 2. The third-order valence-electron chi connectivity index (χ3n) is 4.76. The van der Waals surface area contributed by atoms with E-state index in [-0.39, 0.29) is 29.4 Å². The van der Waals surface area contributed by atoms with Gasteiger partial charge < -0.3 is 15.0 Å². The minimum absolute atomic E-state index is 0. The Morgan fingerprint density at radius 1 is 1.38 bits per heavy atom. The smallest absolute Gasteiger partial charge is 0.193 e. The number of aliphatic imine (C=N–C) groups is 1. The van der Waals surface area contributed by atoms with E-state index < -0.39 is 0 Å². The molecule has 0 aliphatic carbocycles. The SMILES string of the molecule is CN=C(NCC1CCCOC1C(C)(C)C)N1CCSC(C)(C)C1.I. The molecule has 0 aromatic heterocycles. The Hall–Kier alpha value is 0.310. The Morgan fingerprint density at radius 3 is 2.67 bits per heavy atom. The zero-order chi connectivity index (χ0) is 17.1. The highest BCUT2D eigenvalue weighted by Gasteiger charge is 2.36. The third kappa shape index (κ3) is 6.24. The molecule has 2 aliphatic heterocycles. The minimum atomic E-state index is 0. The summed E-state index contributed by atoms with van der Waals surface area (Å²) in [6.07, 6.45) is 2.74. The van der Waals surface area contributed by atoms with E-state index in [1.807, 2.05) is 7.05 Å². The van der Waals surface area contributed by atoms with Crippen molar-refractivity contribution >= 4 is 41.7 Å². The molecule has 24 heavy (non-hydrogen) atoms. The number of hydrogen-bond donors (Lipinski definition) is 1. The van der Waals surface area contributed by atoms with Crippen molar-refractivity contribution in [1.82, 2.24) is 10.2 Å². The van der Waals surface area contributed by atoms with Crippen molar-refractivity contribution in [3.63, 3.8) is 0 Å². The summed E-state index contributed by atoms with van der Waals surface area (Å²) in [7, 11) is 1.90. The standard InChI is InChI=1S/C18H35N3OS.HI/c1-17(2,3)15-14(8-7-10-22-15)12-20-16(19-6)21-9-11-23-18(4,5)13-21;/h14-15H,7-13H2,1-6H3,(H,19,20);1H. The summed E-state index contributed by atoms with van der Waals surface area (Å²) in [4.78, 5) is 6.94. The molecule has 142 valence electrons. The number of nitrogens with zero attached hydrogens (tertiary/aromatic N) is 2. The second-order valence-electron chi connectivity index (χ2n) is 8.52. The van der Waals surface area contributed by atoms with E-state index in [0.717, 1.165) is 32.2 Å². The number of ether oxygens (including phenoxy) is 1. The normalized spacial score (nSPS) is 28.2. The van der Waals surface area contributed by atoms with Crippen LogP contribution in [0.25, 0.3) is 0 Å². The average Bonchev–Trinajstić information content (AvgIpc) is 2.46. The Morgan fingerprint density at radius 2 is 2.08 bits per heavy atom. The van der Waals surface area contributed by atoms with Crippen molar-refractivity contribution in [2.45, 2.75) is 58.3 Å². The zero-order valence-electron chi connectivity index (χ0n) is 16.2. The molecule has 2 saturated heterocycles. The summed E-state index contributed by atoms with van der Waals surface area (Å²) in [5, 5.41) is 3.64. The predicted octanol–water partition coefficient (Wildman–Crippen LogP) is 3.85. The van der Waals surface area contributed by atoms with Crippen LogP contribution in [0.1, 0.15) is 47.5 Å². The summed E-state index contributed by atoms with van der Waals surface area (Å²) < 4.78 is 6.41. The molecule has 1 N–H and O–H groups in total. The van der Waals surface area contributed by atoms with E-state index in [1.54, 1.807) is 0 Å². The number of thioether (sulfide) groups is 1. The average molecular weight is 469 g/mol. The van der Waals surface area contributed by atoms with Gasteiger partial charge in [-0.1, -0.05) is 20.8 Å². The Kier molecular flexibility index (Phi) is 8.67. The molecule has 2 atom stereocenters. The molecule has 0 bridgehead atoms. The molecule has 0 spiro atoms. The maximum absolute atomic E-state index is 6.10. The van der Waals surface area contributed by atoms with Gasteiger partial charge in [-0.25, -0.2) is 0 Å². The topological polar surface area (TPSA) is 36.9 Å². The summed E-state index contributed by atoms with van der Waals surface area (Å²) in [5.41, 5.74) is 0.194. The molecule has 6 heteroatoms. The van der Waals surface area contributed by atoms with E-state index >= 15 is 0 Å². The highest BCUT2D eigenvalue weighted by molar-refractivity contribution is 14.0. The van der Waals surface area contributed by atoms with Crippen LogP contribution < -0.4 is 5.32 Å². The highest BCUT2D eigenvalue weighted by atomic mass is 127. The highest BCUT2D eigenvalue weighted by Crippen LogP contribution is 2.34. The van der Waals surface area contributed by atoms with Crippen molar-refractivity contribution in [2.24, 2.45) is 16.3 Å². The van der Waals surface area contributed by atoms with Crippen LogP contribution in [0.4, 0.5) is 0 Å². The third-order valence-corrected chi connectivity index (χ3v) is 6.05. The van der Waals surface area contributed by atoms with Gasteiger partial charge in [-0.2, -0.15) is 11.8 Å². The van der Waals surface area contributed by atoms with Gasteiger partial charge in [-0.05, 0) is 32.1 Å². The van der Waals surface area contributed by atoms with Gasteiger partial charge in [0.2, 0.25) is 0 Å². The molecule has 0 aromatic rings. The zero-order valence-corrected chi connectivity index (χ0v) is 19.4. The summed E-state index contributed by atoms with van der Waals surface area (Å²) in [5.74, 6) is 2.79. The van der Waals surface area contributed by atoms with Crippen LogP contribution in [0.15, 0.2) is 4.99 Å². The first kappa shape index (κ1) is 22.4. The van der Waals surface area contributed by atoms with Crippen molar-refractivity contribution in [3.05, 3.63) is 0 Å². The molecule has 4 nitrogen and oxygen atoms in total. The fraction of sp³-hybridized carbons (Fsp3) is 0.944. The maximum atomic E-state index is 6.10. The first-order valence-electron chi connectivity index (χ1n) is 8.94. The first-order chi connectivity index (χ1) is 10.7. The molecule has 2 rings (SSSR count). The fourth-order valence-corrected chi connectivity index (χ4v) is 4.87. The molecule has 2 fully saturated rings. The van der Waals surface area contributed by atoms with Gasteiger partial charge in [0.1, 0.15) is 0 Å². The van der Waals surface area contributed by atoms with Crippen LogP contribution in [0.2, 0.25) is 0 Å². The molecule has 2 unspecified atom stereocenters. The molecule has 0 saturated carbocycles. The van der Waals surface area contributed by atoms with Gasteiger partial charge in [-0.15, -0.1) is 24.0 Å². The van der Waals surface area contributed by atoms with Gasteiger partial charge >= 0.3 is 0 Å². The fourth-order valence-electron chi connectivity index (χ4n) is 3.76. The van der Waals surface area contributed by atoms with Crippen LogP contribution in [0, 0.1) is 11.3 Å². The van der Waals surface area contributed by atoms with Crippen LogP contribution in [0.5, 0.6) is 0 Å². The van der Waals surface area contributed by atoms with Crippen LogP contribution >= 0.6 is 35.7 Å². The van der Waals surface area contributed by atoms with Crippen molar-refractivity contribution in [3.8, 4) is 0 Å². The van der Waals surface area contributed by atoms with Crippen LogP contribution in [0.3, 0.4) is 0 Å². The molecular weight excluding hydrogens is 433 g/mol. The minimum Gasteiger partial charge on any atom is -0.377 e. The lowest BCUT2D eigenvalue weighted by atomic mass is 9.78. The van der Waals surface area contributed by atoms with E-state index in [1.165, 1.54) is 18.6 Å². The lowest BCUT2D eigenvalue weighted by Gasteiger charge is -2.42. The van der Waals surface area contributed by atoms with Crippen molar-refractivity contribution < 1.29 is 4.74 Å². The van der Waals surface area contributed by atoms with Gasteiger partial charge in [0, 0.05) is 49.7 Å². The summed E-state index contributed by atoms with van der Waals surface area (Å²) in [6.45, 7) is 15.5. The van der Waals surface area contributed by atoms with Crippen molar-refractivity contribution in [2.75, 3.05) is 39.0 Å². The quantitative estimate of drug-likeness (QED) is 0.379. The largest absolute Gasteiger partial charge is 0.377 e. The first-order valence-corrected chi connectivity index (χ1v) is 9.93. The Balaban J connectivity index is 0.00000288. The van der Waals surface area contributed by atoms with Crippen molar-refractivity contribution in [1.29, 1.82) is 0 Å². The van der Waals surface area contributed by atoms with E-state index in [4.69, 9.17) is 4.74 Å². The lowest BCUT2D eigenvalue weighted by molar-refractivity contribution is -0.0836. The van der Waals surface area contributed by atoms with E-state index in [2.05, 4.69) is 61.6 Å². The Bertz CT molecular complexity index is 423.